The van der Waals surface area contributed by atoms with Crippen LogP contribution in [0.5, 0.6) is 0 Å². The lowest BCUT2D eigenvalue weighted by atomic mass is 9.94. The highest BCUT2D eigenvalue weighted by molar-refractivity contribution is 6.34. The molecule has 2 aromatic heterocycles. The lowest BCUT2D eigenvalue weighted by Gasteiger charge is -2.35. The van der Waals surface area contributed by atoms with Gasteiger partial charge in [0.25, 0.3) is 5.91 Å². The fourth-order valence-electron chi connectivity index (χ4n) is 4.28. The number of benzene rings is 1. The van der Waals surface area contributed by atoms with Gasteiger partial charge in [0.2, 0.25) is 5.91 Å². The molecule has 0 bridgehead atoms. The first-order valence-electron chi connectivity index (χ1n) is 12.2. The third-order valence-electron chi connectivity index (χ3n) is 6.33. The number of likely N-dealkylation sites (tertiary alicyclic amines) is 1. The Balaban J connectivity index is 1.44. The summed E-state index contributed by atoms with van der Waals surface area (Å²) in [5.74, 6) is 5.44. The maximum absolute atomic E-state index is 15.0. The van der Waals surface area contributed by atoms with Crippen molar-refractivity contribution >= 4 is 29.2 Å². The van der Waals surface area contributed by atoms with Gasteiger partial charge >= 0.3 is 0 Å². The second-order valence-corrected chi connectivity index (χ2v) is 9.89. The Bertz CT molecular complexity index is 1350. The van der Waals surface area contributed by atoms with E-state index in [1.165, 1.54) is 10.9 Å². The number of amides is 2. The number of pyridine rings is 1. The number of aromatic nitrogens is 3. The molecule has 1 fully saturated rings. The fourth-order valence-corrected chi connectivity index (χ4v) is 4.51. The van der Waals surface area contributed by atoms with Crippen LogP contribution < -0.4 is 5.32 Å². The van der Waals surface area contributed by atoms with E-state index in [0.29, 0.717) is 18.8 Å². The van der Waals surface area contributed by atoms with Crippen LogP contribution in [0.2, 0.25) is 5.02 Å². The Labute approximate surface area is 221 Å². The minimum absolute atomic E-state index is 0.0425. The van der Waals surface area contributed by atoms with Gasteiger partial charge in [-0.2, -0.15) is 5.10 Å². The van der Waals surface area contributed by atoms with E-state index in [2.05, 4.69) is 27.2 Å². The SMILES string of the molecule is Cc1cc(C#Cc2ccccc2)cnc1NC(=O)c1c(Cl)cnn1C[C@H]1CCN(C(=O)C(C)C)C[C@H]1F. The van der Waals surface area contributed by atoms with Crippen molar-refractivity contribution in [3.8, 4) is 11.8 Å². The van der Waals surface area contributed by atoms with Crippen molar-refractivity contribution in [3.05, 3.63) is 76.2 Å². The Morgan fingerprint density at radius 1 is 1.19 bits per heavy atom. The van der Waals surface area contributed by atoms with Crippen LogP contribution in [-0.4, -0.2) is 50.7 Å². The molecule has 1 aliphatic heterocycles. The molecule has 1 saturated heterocycles. The van der Waals surface area contributed by atoms with Crippen LogP contribution in [0, 0.1) is 30.6 Å². The summed E-state index contributed by atoms with van der Waals surface area (Å²) in [7, 11) is 0. The number of nitrogens with zero attached hydrogens (tertiary/aromatic N) is 4. The smallest absolute Gasteiger partial charge is 0.276 e. The van der Waals surface area contributed by atoms with Gasteiger partial charge in [0, 0.05) is 42.2 Å². The molecule has 4 rings (SSSR count). The average Bonchev–Trinajstić information content (AvgIpc) is 3.25. The van der Waals surface area contributed by atoms with Crippen molar-refractivity contribution < 1.29 is 14.0 Å². The highest BCUT2D eigenvalue weighted by Gasteiger charge is 2.33. The first kappa shape index (κ1) is 26.4. The van der Waals surface area contributed by atoms with E-state index in [1.807, 2.05) is 43.3 Å². The molecular formula is C28H29ClFN5O2. The predicted molar refractivity (Wildman–Crippen MR) is 141 cm³/mol. The number of hydrogen-bond donors (Lipinski definition) is 1. The van der Waals surface area contributed by atoms with Gasteiger partial charge in [-0.1, -0.05) is 55.5 Å². The molecule has 3 aromatic rings. The highest BCUT2D eigenvalue weighted by atomic mass is 35.5. The number of rotatable bonds is 5. The van der Waals surface area contributed by atoms with Crippen LogP contribution >= 0.6 is 11.6 Å². The lowest BCUT2D eigenvalue weighted by molar-refractivity contribution is -0.137. The van der Waals surface area contributed by atoms with Crippen LogP contribution in [0.4, 0.5) is 10.2 Å². The summed E-state index contributed by atoms with van der Waals surface area (Å²) >= 11 is 6.29. The number of carbonyl (C=O) groups is 2. The Morgan fingerprint density at radius 2 is 1.92 bits per heavy atom. The summed E-state index contributed by atoms with van der Waals surface area (Å²) in [6.45, 7) is 6.14. The maximum Gasteiger partial charge on any atom is 0.276 e. The third-order valence-corrected chi connectivity index (χ3v) is 6.61. The van der Waals surface area contributed by atoms with Gasteiger partial charge in [0.15, 0.2) is 0 Å². The van der Waals surface area contributed by atoms with Gasteiger partial charge in [-0.05, 0) is 37.1 Å². The molecule has 192 valence electrons. The molecule has 3 heterocycles. The lowest BCUT2D eigenvalue weighted by Crippen LogP contribution is -2.47. The molecule has 0 spiro atoms. The minimum atomic E-state index is -1.22. The minimum Gasteiger partial charge on any atom is -0.340 e. The van der Waals surface area contributed by atoms with Crippen LogP contribution in [0.15, 0.2) is 48.8 Å². The number of hydrogen-bond acceptors (Lipinski definition) is 4. The summed E-state index contributed by atoms with van der Waals surface area (Å²) in [6.07, 6.45) is 2.23. The number of carbonyl (C=O) groups excluding carboxylic acids is 2. The Kier molecular flexibility index (Phi) is 8.24. The molecule has 0 unspecified atom stereocenters. The predicted octanol–water partition coefficient (Wildman–Crippen LogP) is 4.73. The zero-order valence-corrected chi connectivity index (χ0v) is 21.8. The molecule has 1 aromatic carbocycles. The molecule has 0 radical (unpaired) electrons. The van der Waals surface area contributed by atoms with E-state index in [0.717, 1.165) is 16.7 Å². The Hall–Kier alpha value is -3.70. The van der Waals surface area contributed by atoms with Crippen LogP contribution in [-0.2, 0) is 11.3 Å². The normalized spacial score (nSPS) is 17.3. The largest absolute Gasteiger partial charge is 0.340 e. The molecule has 1 N–H and O–H groups in total. The van der Waals surface area contributed by atoms with E-state index < -0.39 is 12.1 Å². The zero-order valence-electron chi connectivity index (χ0n) is 21.0. The van der Waals surface area contributed by atoms with Crippen molar-refractivity contribution in [2.45, 2.75) is 39.9 Å². The number of alkyl halides is 1. The summed E-state index contributed by atoms with van der Waals surface area (Å²) in [4.78, 5) is 31.3. The standard InChI is InChI=1S/C28H29ClFN5O2/c1-18(2)28(37)34-12-11-22(24(30)17-34)16-35-25(23(29)15-32-35)27(36)33-26-19(3)13-21(14-31-26)10-9-20-7-5-4-6-8-20/h4-8,13-15,18,22,24H,11-12,16-17H2,1-3H3,(H,31,33,36)/t22-,24-/m1/s1. The molecule has 9 heteroatoms. The van der Waals surface area contributed by atoms with Gasteiger partial charge in [-0.25, -0.2) is 9.37 Å². The van der Waals surface area contributed by atoms with E-state index in [-0.39, 0.29) is 41.5 Å². The zero-order chi connectivity index (χ0) is 26.5. The molecule has 7 nitrogen and oxygen atoms in total. The van der Waals surface area contributed by atoms with Crippen molar-refractivity contribution in [2.75, 3.05) is 18.4 Å². The van der Waals surface area contributed by atoms with E-state index in [9.17, 15) is 14.0 Å². The van der Waals surface area contributed by atoms with E-state index in [4.69, 9.17) is 11.6 Å². The topological polar surface area (TPSA) is 80.1 Å². The number of aryl methyl sites for hydroxylation is 1. The third kappa shape index (κ3) is 6.36. The molecule has 2 atom stereocenters. The second kappa shape index (κ2) is 11.6. The molecule has 0 aliphatic carbocycles. The van der Waals surface area contributed by atoms with Gasteiger partial charge < -0.3 is 10.2 Å². The van der Waals surface area contributed by atoms with Gasteiger partial charge in [-0.15, -0.1) is 0 Å². The maximum atomic E-state index is 15.0. The average molecular weight is 522 g/mol. The molecule has 1 aliphatic rings. The monoisotopic (exact) mass is 521 g/mol. The summed E-state index contributed by atoms with van der Waals surface area (Å²) in [6, 6.07) is 11.5. The number of halogens is 2. The quantitative estimate of drug-likeness (QED) is 0.492. The summed E-state index contributed by atoms with van der Waals surface area (Å²) in [5, 5.41) is 7.17. The second-order valence-electron chi connectivity index (χ2n) is 9.49. The van der Waals surface area contributed by atoms with Crippen molar-refractivity contribution in [1.82, 2.24) is 19.7 Å². The fraction of sp³-hybridized carbons (Fsp3) is 0.357. The van der Waals surface area contributed by atoms with Gasteiger partial charge in [-0.3, -0.25) is 14.3 Å². The first-order chi connectivity index (χ1) is 17.7. The number of nitrogens with one attached hydrogen (secondary N) is 1. The summed E-state index contributed by atoms with van der Waals surface area (Å²) < 4.78 is 16.4. The van der Waals surface area contributed by atoms with Crippen LogP contribution in [0.3, 0.4) is 0 Å². The van der Waals surface area contributed by atoms with Crippen LogP contribution in [0.1, 0.15) is 47.4 Å². The van der Waals surface area contributed by atoms with E-state index in [1.54, 1.807) is 24.9 Å². The molecular weight excluding hydrogens is 493 g/mol. The van der Waals surface area contributed by atoms with Crippen LogP contribution in [0.25, 0.3) is 0 Å². The first-order valence-corrected chi connectivity index (χ1v) is 12.6. The van der Waals surface area contributed by atoms with Gasteiger partial charge in [0.05, 0.1) is 17.8 Å². The molecule has 2 amide bonds. The van der Waals surface area contributed by atoms with Crippen molar-refractivity contribution in [3.63, 3.8) is 0 Å². The number of piperidine rings is 1. The van der Waals surface area contributed by atoms with Crippen molar-refractivity contribution in [1.29, 1.82) is 0 Å². The number of anilines is 1. The summed E-state index contributed by atoms with van der Waals surface area (Å²) in [5.41, 5.74) is 2.50. The molecule has 37 heavy (non-hydrogen) atoms. The highest BCUT2D eigenvalue weighted by Crippen LogP contribution is 2.26. The van der Waals surface area contributed by atoms with E-state index >= 15 is 0 Å². The Morgan fingerprint density at radius 3 is 2.59 bits per heavy atom. The van der Waals surface area contributed by atoms with Gasteiger partial charge in [0.1, 0.15) is 17.7 Å². The van der Waals surface area contributed by atoms with Crippen molar-refractivity contribution in [2.24, 2.45) is 11.8 Å². The molecule has 0 saturated carbocycles.